The van der Waals surface area contributed by atoms with Crippen LogP contribution in [-0.4, -0.2) is 54.3 Å². The monoisotopic (exact) mass is 424 g/mol. The van der Waals surface area contributed by atoms with Gasteiger partial charge in [0, 0.05) is 44.5 Å². The minimum Gasteiger partial charge on any atom is -0.425 e. The van der Waals surface area contributed by atoms with Crippen molar-refractivity contribution in [1.82, 2.24) is 9.80 Å². The Hall–Kier alpha value is -1.98. The Morgan fingerprint density at radius 3 is 2.45 bits per heavy atom. The number of nitrogens with one attached hydrogen (secondary N) is 1. The van der Waals surface area contributed by atoms with Gasteiger partial charge >= 0.3 is 6.02 Å². The minimum absolute atomic E-state index is 0.101. The van der Waals surface area contributed by atoms with E-state index < -0.39 is 0 Å². The zero-order valence-electron chi connectivity index (χ0n) is 19.5. The highest BCUT2D eigenvalue weighted by Gasteiger charge is 2.31. The first-order chi connectivity index (χ1) is 15.2. The molecule has 5 heteroatoms. The van der Waals surface area contributed by atoms with E-state index in [9.17, 15) is 0 Å². The first-order valence-electron chi connectivity index (χ1n) is 12.3. The Morgan fingerprint density at radius 1 is 1.03 bits per heavy atom. The van der Waals surface area contributed by atoms with Crippen molar-refractivity contribution >= 4 is 12.2 Å². The van der Waals surface area contributed by atoms with Gasteiger partial charge in [-0.25, -0.2) is 10.4 Å². The number of aryl methyl sites for hydroxylation is 1. The summed E-state index contributed by atoms with van der Waals surface area (Å²) < 4.78 is 5.56. The van der Waals surface area contributed by atoms with Crippen molar-refractivity contribution in [2.45, 2.75) is 77.3 Å². The van der Waals surface area contributed by atoms with E-state index in [2.05, 4.69) is 33.5 Å². The van der Waals surface area contributed by atoms with Crippen LogP contribution in [0.5, 0.6) is 5.75 Å². The SMILES string of the molecule is C=C/C=N\C(=N)Oc1ccc2c(c1)CCCC2N1CCN(C2CCCCC2)CC1.CC. The molecular formula is C26H40N4O. The molecule has 1 saturated heterocycles. The summed E-state index contributed by atoms with van der Waals surface area (Å²) in [5.41, 5.74) is 2.82. The Bertz CT molecular complexity index is 746. The van der Waals surface area contributed by atoms with Gasteiger partial charge in [-0.1, -0.05) is 51.8 Å². The van der Waals surface area contributed by atoms with Crippen molar-refractivity contribution in [2.75, 3.05) is 26.2 Å². The number of amidine groups is 1. The van der Waals surface area contributed by atoms with Gasteiger partial charge in [-0.3, -0.25) is 9.80 Å². The average molecular weight is 425 g/mol. The lowest BCUT2D eigenvalue weighted by Crippen LogP contribution is -2.51. The molecule has 1 aliphatic heterocycles. The predicted octanol–water partition coefficient (Wildman–Crippen LogP) is 5.61. The van der Waals surface area contributed by atoms with Gasteiger partial charge in [-0.2, -0.15) is 0 Å². The molecule has 1 unspecified atom stereocenters. The van der Waals surface area contributed by atoms with Crippen LogP contribution in [0, 0.1) is 5.41 Å². The van der Waals surface area contributed by atoms with E-state index in [-0.39, 0.29) is 6.02 Å². The lowest BCUT2D eigenvalue weighted by Gasteiger charge is -2.44. The number of piperazine rings is 1. The largest absolute Gasteiger partial charge is 0.425 e. The van der Waals surface area contributed by atoms with E-state index in [0.717, 1.165) is 12.5 Å². The van der Waals surface area contributed by atoms with Crippen LogP contribution in [-0.2, 0) is 6.42 Å². The van der Waals surface area contributed by atoms with Gasteiger partial charge < -0.3 is 4.74 Å². The van der Waals surface area contributed by atoms with Crippen LogP contribution in [0.15, 0.2) is 35.8 Å². The van der Waals surface area contributed by atoms with Gasteiger partial charge in [-0.15, -0.1) is 0 Å². The summed E-state index contributed by atoms with van der Waals surface area (Å²) in [4.78, 5) is 9.35. The third-order valence-corrected chi connectivity index (χ3v) is 6.79. The van der Waals surface area contributed by atoms with Crippen LogP contribution < -0.4 is 4.74 Å². The van der Waals surface area contributed by atoms with Gasteiger partial charge in [0.25, 0.3) is 0 Å². The smallest absolute Gasteiger partial charge is 0.314 e. The quantitative estimate of drug-likeness (QED) is 0.505. The number of benzene rings is 1. The Morgan fingerprint density at radius 2 is 1.74 bits per heavy atom. The highest BCUT2D eigenvalue weighted by atomic mass is 16.5. The highest BCUT2D eigenvalue weighted by Crippen LogP contribution is 2.37. The lowest BCUT2D eigenvalue weighted by atomic mass is 9.86. The molecule has 1 heterocycles. The second-order valence-electron chi connectivity index (χ2n) is 8.55. The summed E-state index contributed by atoms with van der Waals surface area (Å²) in [6.45, 7) is 12.4. The van der Waals surface area contributed by atoms with Crippen molar-refractivity contribution in [2.24, 2.45) is 4.99 Å². The standard InChI is InChI=1S/C24H34N4O.C2H6/c1-2-13-26-24(25)29-21-11-12-22-19(18-21)7-6-10-23(22)28-16-14-27(15-17-28)20-8-4-3-5-9-20;1-2/h2,11-13,18,20,23,25H,1,3-10,14-17H2;1-2H3/b25-24?,26-13-;. The highest BCUT2D eigenvalue weighted by molar-refractivity contribution is 5.86. The third kappa shape index (κ3) is 6.27. The number of hydrogen-bond acceptors (Lipinski definition) is 4. The molecule has 1 saturated carbocycles. The Balaban J connectivity index is 0.00000132. The fraction of sp³-hybridized carbons (Fsp3) is 0.615. The molecule has 31 heavy (non-hydrogen) atoms. The van der Waals surface area contributed by atoms with Crippen LogP contribution in [0.3, 0.4) is 0 Å². The van der Waals surface area contributed by atoms with Crippen molar-refractivity contribution in [3.05, 3.63) is 42.0 Å². The van der Waals surface area contributed by atoms with E-state index in [1.807, 2.05) is 19.9 Å². The molecule has 0 amide bonds. The zero-order chi connectivity index (χ0) is 22.1. The maximum absolute atomic E-state index is 7.79. The van der Waals surface area contributed by atoms with E-state index >= 15 is 0 Å². The number of ether oxygens (including phenoxy) is 1. The summed E-state index contributed by atoms with van der Waals surface area (Å²) in [6, 6.07) is 7.58. The molecule has 2 aliphatic carbocycles. The molecule has 4 rings (SSSR count). The van der Waals surface area contributed by atoms with Crippen LogP contribution in [0.2, 0.25) is 0 Å². The van der Waals surface area contributed by atoms with E-state index in [1.165, 1.54) is 88.5 Å². The number of rotatable bonds is 4. The van der Waals surface area contributed by atoms with Gasteiger partial charge in [0.15, 0.2) is 0 Å². The second kappa shape index (κ2) is 12.2. The van der Waals surface area contributed by atoms with Crippen LogP contribution in [0.1, 0.15) is 76.0 Å². The molecule has 170 valence electrons. The molecule has 1 aromatic carbocycles. The molecule has 3 aliphatic rings. The molecule has 0 radical (unpaired) electrons. The maximum Gasteiger partial charge on any atom is 0.314 e. The second-order valence-corrected chi connectivity index (χ2v) is 8.55. The fourth-order valence-corrected chi connectivity index (χ4v) is 5.33. The first-order valence-corrected chi connectivity index (χ1v) is 12.3. The molecule has 1 atom stereocenters. The van der Waals surface area contributed by atoms with Gasteiger partial charge in [0.1, 0.15) is 5.75 Å². The number of hydrogen-bond donors (Lipinski definition) is 1. The Kier molecular flexibility index (Phi) is 9.29. The van der Waals surface area contributed by atoms with Crippen LogP contribution in [0.25, 0.3) is 0 Å². The number of aliphatic imine (C=N–C) groups is 1. The predicted molar refractivity (Wildman–Crippen MR) is 131 cm³/mol. The van der Waals surface area contributed by atoms with Crippen molar-refractivity contribution in [3.8, 4) is 5.75 Å². The summed E-state index contributed by atoms with van der Waals surface area (Å²) in [7, 11) is 0. The zero-order valence-corrected chi connectivity index (χ0v) is 19.5. The third-order valence-electron chi connectivity index (χ3n) is 6.79. The average Bonchev–Trinajstić information content (AvgIpc) is 2.84. The topological polar surface area (TPSA) is 51.9 Å². The molecular weight excluding hydrogens is 384 g/mol. The van der Waals surface area contributed by atoms with E-state index in [0.29, 0.717) is 11.8 Å². The van der Waals surface area contributed by atoms with E-state index in [4.69, 9.17) is 10.1 Å². The van der Waals surface area contributed by atoms with Gasteiger partial charge in [-0.05, 0) is 55.4 Å². The first kappa shape index (κ1) is 23.7. The fourth-order valence-electron chi connectivity index (χ4n) is 5.33. The van der Waals surface area contributed by atoms with Crippen LogP contribution in [0.4, 0.5) is 0 Å². The van der Waals surface area contributed by atoms with Crippen molar-refractivity contribution < 1.29 is 4.74 Å². The molecule has 1 N–H and O–H groups in total. The number of fused-ring (bicyclic) bond motifs is 1. The van der Waals surface area contributed by atoms with Crippen LogP contribution >= 0.6 is 0 Å². The maximum atomic E-state index is 7.79. The number of nitrogens with zero attached hydrogens (tertiary/aromatic N) is 3. The normalized spacial score (nSPS) is 23.0. The molecule has 0 bridgehead atoms. The lowest BCUT2D eigenvalue weighted by molar-refractivity contribution is 0.0515. The summed E-state index contributed by atoms with van der Waals surface area (Å²) in [5, 5.41) is 7.79. The molecule has 0 spiro atoms. The van der Waals surface area contributed by atoms with Gasteiger partial charge in [0.05, 0.1) is 0 Å². The van der Waals surface area contributed by atoms with E-state index in [1.54, 1.807) is 6.08 Å². The summed E-state index contributed by atoms with van der Waals surface area (Å²) in [6.07, 6.45) is 13.7. The summed E-state index contributed by atoms with van der Waals surface area (Å²) in [5.74, 6) is 0.706. The molecule has 2 fully saturated rings. The molecule has 5 nitrogen and oxygen atoms in total. The van der Waals surface area contributed by atoms with Crippen molar-refractivity contribution in [3.63, 3.8) is 0 Å². The minimum atomic E-state index is -0.101. The number of allylic oxidation sites excluding steroid dienone is 1. The Labute approximate surface area is 188 Å². The van der Waals surface area contributed by atoms with Crippen molar-refractivity contribution in [1.29, 1.82) is 5.41 Å². The molecule has 0 aromatic heterocycles. The summed E-state index contributed by atoms with van der Waals surface area (Å²) >= 11 is 0. The molecule has 1 aromatic rings. The van der Waals surface area contributed by atoms with Gasteiger partial charge in [0.2, 0.25) is 0 Å².